The Morgan fingerprint density at radius 2 is 2.29 bits per heavy atom. The lowest BCUT2D eigenvalue weighted by Crippen LogP contribution is -1.91. The van der Waals surface area contributed by atoms with Gasteiger partial charge in [-0.2, -0.15) is 4.39 Å². The molecule has 0 aliphatic rings. The fourth-order valence-electron chi connectivity index (χ4n) is 1.42. The molecule has 2 rings (SSSR count). The van der Waals surface area contributed by atoms with Crippen LogP contribution in [0.1, 0.15) is 15.9 Å². The summed E-state index contributed by atoms with van der Waals surface area (Å²) in [6.45, 7) is -0.207. The van der Waals surface area contributed by atoms with Crippen LogP contribution in [0.2, 0.25) is 0 Å². The van der Waals surface area contributed by atoms with Crippen molar-refractivity contribution in [2.24, 2.45) is 0 Å². The van der Waals surface area contributed by atoms with Gasteiger partial charge >= 0.3 is 0 Å². The van der Waals surface area contributed by atoms with Crippen molar-refractivity contribution < 1.29 is 14.3 Å². The zero-order valence-corrected chi connectivity index (χ0v) is 7.97. The number of aldehydes is 1. The minimum atomic E-state index is -0.321. The first-order valence-electron chi connectivity index (χ1n) is 4.03. The highest BCUT2D eigenvalue weighted by Crippen LogP contribution is 2.28. The number of benzene rings is 1. The lowest BCUT2D eigenvalue weighted by Gasteiger charge is -2.01. The van der Waals surface area contributed by atoms with Gasteiger partial charge in [0, 0.05) is 15.6 Å². The van der Waals surface area contributed by atoms with Crippen molar-refractivity contribution in [1.29, 1.82) is 0 Å². The smallest absolute Gasteiger partial charge is 0.177 e. The van der Waals surface area contributed by atoms with E-state index in [0.717, 1.165) is 16.0 Å². The number of thiophene rings is 1. The molecule has 0 amide bonds. The summed E-state index contributed by atoms with van der Waals surface area (Å²) in [6, 6.07) is 4.67. The van der Waals surface area contributed by atoms with Gasteiger partial charge in [-0.1, -0.05) is 6.07 Å². The molecular weight excluding hydrogens is 203 g/mol. The Labute approximate surface area is 83.6 Å². The highest BCUT2D eigenvalue weighted by Gasteiger charge is 2.09. The summed E-state index contributed by atoms with van der Waals surface area (Å²) in [7, 11) is 0. The summed E-state index contributed by atoms with van der Waals surface area (Å²) in [4.78, 5) is 10.8. The summed E-state index contributed by atoms with van der Waals surface area (Å²) in [5.74, 6) is 0. The predicted molar refractivity (Wildman–Crippen MR) is 53.1 cm³/mol. The molecule has 0 saturated carbocycles. The molecule has 72 valence electrons. The highest BCUT2D eigenvalue weighted by molar-refractivity contribution is 7.17. The van der Waals surface area contributed by atoms with Gasteiger partial charge in [0.1, 0.15) is 0 Å². The zero-order valence-electron chi connectivity index (χ0n) is 7.16. The number of aliphatic hydroxyl groups is 1. The van der Waals surface area contributed by atoms with Crippen LogP contribution in [0.4, 0.5) is 4.39 Å². The molecule has 0 spiro atoms. The maximum absolute atomic E-state index is 12.9. The maximum atomic E-state index is 12.9. The van der Waals surface area contributed by atoms with Gasteiger partial charge in [0.25, 0.3) is 0 Å². The molecule has 1 heterocycles. The molecule has 0 atom stereocenters. The van der Waals surface area contributed by atoms with E-state index in [1.54, 1.807) is 12.1 Å². The minimum Gasteiger partial charge on any atom is -0.392 e. The standard InChI is InChI=1S/C10H7FO2S/c11-10-3-7-8(5-13)6(4-12)1-2-9(7)14-10/h1-3,5,12H,4H2. The Balaban J connectivity index is 2.82. The largest absolute Gasteiger partial charge is 0.392 e. The van der Waals surface area contributed by atoms with Crippen LogP contribution >= 0.6 is 11.3 Å². The molecule has 1 N–H and O–H groups in total. The molecule has 0 unspecified atom stereocenters. The Hall–Kier alpha value is -1.26. The number of hydrogen-bond donors (Lipinski definition) is 1. The summed E-state index contributed by atoms with van der Waals surface area (Å²) in [6.07, 6.45) is 0.653. The molecule has 0 fully saturated rings. The zero-order chi connectivity index (χ0) is 10.1. The van der Waals surface area contributed by atoms with Gasteiger partial charge in [0.05, 0.1) is 6.61 Å². The van der Waals surface area contributed by atoms with Crippen molar-refractivity contribution in [2.75, 3.05) is 0 Å². The average Bonchev–Trinajstić information content (AvgIpc) is 2.56. The second-order valence-electron chi connectivity index (χ2n) is 2.88. The van der Waals surface area contributed by atoms with E-state index in [9.17, 15) is 9.18 Å². The number of hydrogen-bond acceptors (Lipinski definition) is 3. The van der Waals surface area contributed by atoms with Crippen molar-refractivity contribution in [3.8, 4) is 0 Å². The maximum Gasteiger partial charge on any atom is 0.177 e. The van der Waals surface area contributed by atoms with Gasteiger partial charge in [0.2, 0.25) is 0 Å². The lowest BCUT2D eigenvalue weighted by molar-refractivity contribution is 0.112. The minimum absolute atomic E-state index is 0.207. The summed E-state index contributed by atoms with van der Waals surface area (Å²) < 4.78 is 13.6. The fraction of sp³-hybridized carbons (Fsp3) is 0.100. The van der Waals surface area contributed by atoms with Crippen LogP contribution < -0.4 is 0 Å². The van der Waals surface area contributed by atoms with Gasteiger partial charge in [0.15, 0.2) is 11.4 Å². The van der Waals surface area contributed by atoms with Crippen molar-refractivity contribution >= 4 is 27.7 Å². The van der Waals surface area contributed by atoms with Crippen LogP contribution in [-0.2, 0) is 6.61 Å². The number of halogens is 1. The van der Waals surface area contributed by atoms with E-state index in [1.165, 1.54) is 6.07 Å². The summed E-state index contributed by atoms with van der Waals surface area (Å²) >= 11 is 0.994. The SMILES string of the molecule is O=Cc1c(CO)ccc2sc(F)cc12. The number of rotatable bonds is 2. The van der Waals surface area contributed by atoms with Crippen LogP contribution in [0.25, 0.3) is 10.1 Å². The molecule has 0 aliphatic carbocycles. The van der Waals surface area contributed by atoms with Crippen molar-refractivity contribution in [3.05, 3.63) is 34.5 Å². The van der Waals surface area contributed by atoms with E-state index in [1.807, 2.05) is 0 Å². The van der Waals surface area contributed by atoms with E-state index < -0.39 is 0 Å². The molecular formula is C10H7FO2S. The molecule has 14 heavy (non-hydrogen) atoms. The van der Waals surface area contributed by atoms with Gasteiger partial charge in [-0.05, 0) is 17.7 Å². The normalized spacial score (nSPS) is 10.7. The van der Waals surface area contributed by atoms with Crippen LogP contribution in [-0.4, -0.2) is 11.4 Å². The topological polar surface area (TPSA) is 37.3 Å². The third kappa shape index (κ3) is 1.32. The average molecular weight is 210 g/mol. The van der Waals surface area contributed by atoms with E-state index in [2.05, 4.69) is 0 Å². The Morgan fingerprint density at radius 3 is 2.93 bits per heavy atom. The first-order chi connectivity index (χ1) is 6.76. The number of fused-ring (bicyclic) bond motifs is 1. The molecule has 2 nitrogen and oxygen atoms in total. The quantitative estimate of drug-likeness (QED) is 0.772. The van der Waals surface area contributed by atoms with Crippen molar-refractivity contribution in [2.45, 2.75) is 6.61 Å². The van der Waals surface area contributed by atoms with Crippen LogP contribution in [0, 0.1) is 5.13 Å². The molecule has 1 aromatic heterocycles. The summed E-state index contributed by atoms with van der Waals surface area (Å²) in [5.41, 5.74) is 0.912. The Kier molecular flexibility index (Phi) is 2.31. The lowest BCUT2D eigenvalue weighted by atomic mass is 10.1. The van der Waals surface area contributed by atoms with Crippen molar-refractivity contribution in [1.82, 2.24) is 0 Å². The third-order valence-electron chi connectivity index (χ3n) is 2.09. The predicted octanol–water partition coefficient (Wildman–Crippen LogP) is 2.35. The number of carbonyl (C=O) groups excluding carboxylic acids is 1. The monoisotopic (exact) mass is 210 g/mol. The second kappa shape index (κ2) is 3.48. The molecule has 4 heteroatoms. The first-order valence-corrected chi connectivity index (χ1v) is 4.85. The molecule has 0 saturated heterocycles. The summed E-state index contributed by atoms with van der Waals surface area (Å²) in [5, 5.41) is 9.22. The molecule has 0 bridgehead atoms. The molecule has 0 aliphatic heterocycles. The van der Waals surface area contributed by atoms with E-state index in [0.29, 0.717) is 22.8 Å². The first kappa shape index (κ1) is 9.30. The third-order valence-corrected chi connectivity index (χ3v) is 2.98. The van der Waals surface area contributed by atoms with Crippen LogP contribution in [0.5, 0.6) is 0 Å². The number of aliphatic hydroxyl groups excluding tert-OH is 1. The Bertz CT molecular complexity index is 490. The van der Waals surface area contributed by atoms with E-state index >= 15 is 0 Å². The second-order valence-corrected chi connectivity index (χ2v) is 3.91. The van der Waals surface area contributed by atoms with E-state index in [-0.39, 0.29) is 11.7 Å². The fourth-order valence-corrected chi connectivity index (χ4v) is 2.23. The van der Waals surface area contributed by atoms with Crippen LogP contribution in [0.3, 0.4) is 0 Å². The van der Waals surface area contributed by atoms with Gasteiger partial charge < -0.3 is 5.11 Å². The molecule has 2 aromatic rings. The Morgan fingerprint density at radius 1 is 1.50 bits per heavy atom. The molecule has 0 radical (unpaired) electrons. The number of carbonyl (C=O) groups is 1. The van der Waals surface area contributed by atoms with E-state index in [4.69, 9.17) is 5.11 Å². The van der Waals surface area contributed by atoms with Gasteiger partial charge in [-0.15, -0.1) is 11.3 Å². The molecule has 1 aromatic carbocycles. The van der Waals surface area contributed by atoms with Crippen molar-refractivity contribution in [3.63, 3.8) is 0 Å². The van der Waals surface area contributed by atoms with Gasteiger partial charge in [-0.3, -0.25) is 4.79 Å². The van der Waals surface area contributed by atoms with Crippen LogP contribution in [0.15, 0.2) is 18.2 Å². The van der Waals surface area contributed by atoms with Gasteiger partial charge in [-0.25, -0.2) is 0 Å². The highest BCUT2D eigenvalue weighted by atomic mass is 32.1.